The van der Waals surface area contributed by atoms with E-state index in [2.05, 4.69) is 16.0 Å². The molecule has 0 unspecified atom stereocenters. The molecule has 3 heterocycles. The molecule has 0 bridgehead atoms. The van der Waals surface area contributed by atoms with E-state index in [9.17, 15) is 9.59 Å². The summed E-state index contributed by atoms with van der Waals surface area (Å²) in [6.07, 6.45) is 2.84. The highest BCUT2D eigenvalue weighted by Gasteiger charge is 2.51. The van der Waals surface area contributed by atoms with Crippen LogP contribution in [0.5, 0.6) is 0 Å². The van der Waals surface area contributed by atoms with E-state index in [1.165, 1.54) is 0 Å². The van der Waals surface area contributed by atoms with Crippen molar-refractivity contribution in [1.29, 1.82) is 0 Å². The minimum absolute atomic E-state index is 0.0108. The predicted molar refractivity (Wildman–Crippen MR) is 188 cm³/mol. The van der Waals surface area contributed by atoms with Gasteiger partial charge in [-0.1, -0.05) is 36.4 Å². The summed E-state index contributed by atoms with van der Waals surface area (Å²) in [6, 6.07) is 15.8. The predicted octanol–water partition coefficient (Wildman–Crippen LogP) is 5.60. The molecule has 48 heavy (non-hydrogen) atoms. The molecule has 5 rings (SSSR count). The number of imidazole rings is 1. The smallest absolute Gasteiger partial charge is 0.444 e. The van der Waals surface area contributed by atoms with Crippen molar-refractivity contribution in [3.05, 3.63) is 59.9 Å². The first-order chi connectivity index (χ1) is 22.7. The third-order valence-electron chi connectivity index (χ3n) is 9.68. The lowest BCUT2D eigenvalue weighted by atomic mass is 9.78. The van der Waals surface area contributed by atoms with Crippen molar-refractivity contribution in [2.24, 2.45) is 0 Å². The number of piperidine rings is 1. The fourth-order valence-electron chi connectivity index (χ4n) is 6.49. The topological polar surface area (TPSA) is 104 Å². The first kappa shape index (κ1) is 35.9. The van der Waals surface area contributed by atoms with Gasteiger partial charge in [-0.2, -0.15) is 0 Å². The maximum absolute atomic E-state index is 13.9. The Labute approximate surface area is 286 Å². The lowest BCUT2D eigenvalue weighted by Gasteiger charge is -2.34. The van der Waals surface area contributed by atoms with Crippen LogP contribution in [0.1, 0.15) is 91.5 Å². The van der Waals surface area contributed by atoms with E-state index in [4.69, 9.17) is 23.8 Å². The number of carbonyl (C=O) groups excluding carboxylic acids is 2. The van der Waals surface area contributed by atoms with Gasteiger partial charge in [-0.15, -0.1) is 0 Å². The first-order valence-corrected chi connectivity index (χ1v) is 17.3. The number of alkyl carbamates (subject to hydrolysis) is 1. The number of fused-ring (bicyclic) bond motifs is 1. The van der Waals surface area contributed by atoms with Crippen LogP contribution in [-0.2, 0) is 36.5 Å². The zero-order valence-electron chi connectivity index (χ0n) is 30.0. The molecule has 2 saturated heterocycles. The quantitative estimate of drug-likeness (QED) is 0.211. The third-order valence-corrected chi connectivity index (χ3v) is 9.68. The molecule has 2 fully saturated rings. The number of para-hydroxylation sites is 2. The number of likely N-dealkylation sites (tertiary alicyclic amines) is 1. The Morgan fingerprint density at radius 3 is 2.42 bits per heavy atom. The molecule has 2 aromatic carbocycles. The number of hydrogen-bond acceptors (Lipinski definition) is 7. The number of carbonyl (C=O) groups is 2. The number of benzene rings is 2. The second-order valence-corrected chi connectivity index (χ2v) is 15.2. The Bertz CT molecular complexity index is 1550. The summed E-state index contributed by atoms with van der Waals surface area (Å²) in [5.74, 6) is 1.16. The number of nitrogens with one attached hydrogen (secondary N) is 1. The van der Waals surface area contributed by atoms with Crippen molar-refractivity contribution < 1.29 is 28.4 Å². The molecule has 0 saturated carbocycles. The van der Waals surface area contributed by atoms with Gasteiger partial charge >= 0.3 is 13.2 Å². The van der Waals surface area contributed by atoms with Crippen molar-refractivity contribution in [2.75, 3.05) is 26.8 Å². The number of hydrogen-bond donors (Lipinski definition) is 1. The van der Waals surface area contributed by atoms with E-state index in [0.29, 0.717) is 26.1 Å². The molecule has 3 aromatic rings. The van der Waals surface area contributed by atoms with Crippen LogP contribution in [0.4, 0.5) is 4.79 Å². The van der Waals surface area contributed by atoms with E-state index < -0.39 is 36.1 Å². The van der Waals surface area contributed by atoms with Crippen LogP contribution in [0.15, 0.2) is 48.5 Å². The molecule has 2 aliphatic heterocycles. The van der Waals surface area contributed by atoms with Gasteiger partial charge in [0.2, 0.25) is 5.91 Å². The van der Waals surface area contributed by atoms with Crippen LogP contribution < -0.4 is 10.8 Å². The number of methoxy groups -OCH3 is 1. The molecule has 1 aromatic heterocycles. The number of nitrogens with zero attached hydrogens (tertiary/aromatic N) is 3. The van der Waals surface area contributed by atoms with Crippen molar-refractivity contribution in [3.63, 3.8) is 0 Å². The lowest BCUT2D eigenvalue weighted by molar-refractivity contribution is -0.133. The molecule has 2 amide bonds. The number of aryl methyl sites for hydroxylation is 1. The van der Waals surface area contributed by atoms with Gasteiger partial charge in [-0.3, -0.25) is 4.79 Å². The highest BCUT2D eigenvalue weighted by atomic mass is 16.7. The SMILES string of the molecule is COCCCn1c([C@@H]2CCCN(C(=O)C[C@@H](Cc3ccc(B4OC(C)(C)C(C)(C)O4)cc3)NC(=O)OC(C)(C)C)C2)nc2ccccc21. The number of aromatic nitrogens is 2. The average Bonchev–Trinajstić information content (AvgIpc) is 3.49. The fourth-order valence-corrected chi connectivity index (χ4v) is 6.49. The van der Waals surface area contributed by atoms with E-state index in [1.807, 2.05) is 95.8 Å². The number of rotatable bonds is 11. The van der Waals surface area contributed by atoms with Crippen molar-refractivity contribution >= 4 is 35.6 Å². The van der Waals surface area contributed by atoms with Crippen LogP contribution in [0.25, 0.3) is 11.0 Å². The van der Waals surface area contributed by atoms with Gasteiger partial charge in [0.1, 0.15) is 11.4 Å². The van der Waals surface area contributed by atoms with Gasteiger partial charge in [0.05, 0.1) is 22.2 Å². The standard InChI is InChI=1S/C37H53BN4O6/c1-35(2,3)46-34(44)39-29(23-26-16-18-28(19-17-26)38-47-36(4,5)37(6,7)48-38)24-32(43)41-20-11-13-27(25-41)33-40-30-14-9-10-15-31(30)42(33)21-12-22-45-8/h9-10,14-19,27,29H,11-13,20-25H2,1-8H3,(H,39,44)/t27-,29-/m1/s1. The zero-order valence-corrected chi connectivity index (χ0v) is 30.0. The number of ether oxygens (including phenoxy) is 2. The monoisotopic (exact) mass is 660 g/mol. The summed E-state index contributed by atoms with van der Waals surface area (Å²) >= 11 is 0. The summed E-state index contributed by atoms with van der Waals surface area (Å²) in [4.78, 5) is 33.8. The summed E-state index contributed by atoms with van der Waals surface area (Å²) in [6.45, 7) is 16.4. The fraction of sp³-hybridized carbons (Fsp3) is 0.595. The molecule has 0 spiro atoms. The Balaban J connectivity index is 1.29. The molecule has 2 atom stereocenters. The lowest BCUT2D eigenvalue weighted by Crippen LogP contribution is -2.46. The van der Waals surface area contributed by atoms with Gasteiger partial charge in [0, 0.05) is 51.7 Å². The summed E-state index contributed by atoms with van der Waals surface area (Å²) in [7, 11) is 1.26. The minimum Gasteiger partial charge on any atom is -0.444 e. The van der Waals surface area contributed by atoms with Crippen molar-refractivity contribution in [2.45, 2.75) is 116 Å². The van der Waals surface area contributed by atoms with Gasteiger partial charge in [0.25, 0.3) is 0 Å². The van der Waals surface area contributed by atoms with E-state index in [0.717, 1.165) is 53.7 Å². The Hall–Kier alpha value is -3.41. The van der Waals surface area contributed by atoms with Gasteiger partial charge in [-0.25, -0.2) is 9.78 Å². The second kappa shape index (κ2) is 14.6. The largest absolute Gasteiger partial charge is 0.494 e. The van der Waals surface area contributed by atoms with E-state index >= 15 is 0 Å². The molecular formula is C37H53BN4O6. The molecule has 0 aliphatic carbocycles. The van der Waals surface area contributed by atoms with E-state index in [1.54, 1.807) is 7.11 Å². The average molecular weight is 661 g/mol. The third kappa shape index (κ3) is 8.60. The highest BCUT2D eigenvalue weighted by Crippen LogP contribution is 2.36. The van der Waals surface area contributed by atoms with Crippen LogP contribution in [0, 0.1) is 0 Å². The normalized spacial score (nSPS) is 19.8. The Morgan fingerprint density at radius 1 is 1.06 bits per heavy atom. The molecule has 0 radical (unpaired) electrons. The van der Waals surface area contributed by atoms with Crippen molar-refractivity contribution in [1.82, 2.24) is 19.8 Å². The molecule has 1 N–H and O–H groups in total. The molecule has 10 nitrogen and oxygen atoms in total. The Kier molecular flexibility index (Phi) is 10.9. The van der Waals surface area contributed by atoms with Crippen molar-refractivity contribution in [3.8, 4) is 0 Å². The van der Waals surface area contributed by atoms with E-state index in [-0.39, 0.29) is 18.2 Å². The molecule has 2 aliphatic rings. The Morgan fingerprint density at radius 2 is 1.75 bits per heavy atom. The van der Waals surface area contributed by atoms with Gasteiger partial charge in [0.15, 0.2) is 0 Å². The van der Waals surface area contributed by atoms with Crippen LogP contribution >= 0.6 is 0 Å². The zero-order chi connectivity index (χ0) is 34.7. The summed E-state index contributed by atoms with van der Waals surface area (Å²) in [5.41, 5.74) is 2.49. The maximum Gasteiger partial charge on any atom is 0.494 e. The maximum atomic E-state index is 13.9. The van der Waals surface area contributed by atoms with Crippen LogP contribution in [0.3, 0.4) is 0 Å². The summed E-state index contributed by atoms with van der Waals surface area (Å²) < 4.78 is 25.7. The van der Waals surface area contributed by atoms with Gasteiger partial charge < -0.3 is 33.6 Å². The summed E-state index contributed by atoms with van der Waals surface area (Å²) in [5, 5.41) is 3.00. The van der Waals surface area contributed by atoms with Gasteiger partial charge in [-0.05, 0) is 97.3 Å². The molecule has 260 valence electrons. The second-order valence-electron chi connectivity index (χ2n) is 15.2. The highest BCUT2D eigenvalue weighted by molar-refractivity contribution is 6.62. The van der Waals surface area contributed by atoms with Crippen LogP contribution in [-0.4, -0.2) is 83.2 Å². The number of amides is 2. The molecule has 11 heteroatoms. The first-order valence-electron chi connectivity index (χ1n) is 17.3. The molecular weight excluding hydrogens is 607 g/mol. The minimum atomic E-state index is -0.655. The van der Waals surface area contributed by atoms with Crippen LogP contribution in [0.2, 0.25) is 0 Å².